The number of nitriles is 1. The first kappa shape index (κ1) is 18.6. The Morgan fingerprint density at radius 2 is 2.10 bits per heavy atom. The molecular weight excluding hydrogens is 366 g/mol. The van der Waals surface area contributed by atoms with Crippen molar-refractivity contribution in [2.24, 2.45) is 0 Å². The highest BCUT2D eigenvalue weighted by atomic mass is 16.2. The molecule has 4 rings (SSSR count). The molecule has 29 heavy (non-hydrogen) atoms. The Kier molecular flexibility index (Phi) is 4.92. The van der Waals surface area contributed by atoms with E-state index in [-0.39, 0.29) is 11.9 Å². The molecular formula is C22H21N5O2. The maximum atomic E-state index is 12.8. The minimum atomic E-state index is -0.186. The van der Waals surface area contributed by atoms with Crippen LogP contribution in [0.1, 0.15) is 27.2 Å². The highest BCUT2D eigenvalue weighted by Crippen LogP contribution is 2.25. The molecule has 2 heterocycles. The van der Waals surface area contributed by atoms with Gasteiger partial charge in [-0.25, -0.2) is 4.79 Å². The van der Waals surface area contributed by atoms with Crippen LogP contribution in [0.3, 0.4) is 0 Å². The van der Waals surface area contributed by atoms with E-state index in [2.05, 4.69) is 21.7 Å². The summed E-state index contributed by atoms with van der Waals surface area (Å²) >= 11 is 0. The van der Waals surface area contributed by atoms with E-state index in [1.807, 2.05) is 36.4 Å². The summed E-state index contributed by atoms with van der Waals surface area (Å²) in [5.74, 6) is -0.186. The van der Waals surface area contributed by atoms with E-state index in [0.29, 0.717) is 30.9 Å². The molecule has 0 atom stereocenters. The first-order valence-corrected chi connectivity index (χ1v) is 9.46. The number of carbonyl (C=O) groups is 2. The predicted octanol–water partition coefficient (Wildman–Crippen LogP) is 3.18. The molecule has 0 spiro atoms. The van der Waals surface area contributed by atoms with Crippen LogP contribution in [0.25, 0.3) is 10.9 Å². The second-order valence-electron chi connectivity index (χ2n) is 7.06. The van der Waals surface area contributed by atoms with Crippen molar-refractivity contribution in [3.05, 3.63) is 64.8 Å². The molecule has 1 aliphatic heterocycles. The van der Waals surface area contributed by atoms with Gasteiger partial charge in [-0.3, -0.25) is 4.79 Å². The summed E-state index contributed by atoms with van der Waals surface area (Å²) in [4.78, 5) is 29.4. The lowest BCUT2D eigenvalue weighted by molar-refractivity contribution is 0.0959. The molecule has 0 saturated carbocycles. The van der Waals surface area contributed by atoms with Crippen molar-refractivity contribution in [1.29, 1.82) is 5.26 Å². The van der Waals surface area contributed by atoms with Gasteiger partial charge in [-0.2, -0.15) is 5.26 Å². The number of nitrogens with zero attached hydrogens (tertiary/aromatic N) is 2. The fraction of sp³-hybridized carbons (Fsp3) is 0.227. The Hall–Kier alpha value is -3.79. The second-order valence-corrected chi connectivity index (χ2v) is 7.06. The number of benzene rings is 2. The largest absolute Gasteiger partial charge is 0.354 e. The van der Waals surface area contributed by atoms with Gasteiger partial charge in [-0.1, -0.05) is 18.2 Å². The monoisotopic (exact) mass is 387 g/mol. The van der Waals surface area contributed by atoms with Crippen LogP contribution in [0.5, 0.6) is 0 Å². The number of aromatic amines is 1. The summed E-state index contributed by atoms with van der Waals surface area (Å²) < 4.78 is 0. The van der Waals surface area contributed by atoms with Gasteiger partial charge in [-0.15, -0.1) is 0 Å². The molecule has 0 bridgehead atoms. The van der Waals surface area contributed by atoms with Crippen molar-refractivity contribution in [3.63, 3.8) is 0 Å². The van der Waals surface area contributed by atoms with Crippen LogP contribution in [0.2, 0.25) is 0 Å². The van der Waals surface area contributed by atoms with Crippen LogP contribution >= 0.6 is 0 Å². The third kappa shape index (κ3) is 3.65. The Bertz CT molecular complexity index is 1140. The van der Waals surface area contributed by atoms with Crippen molar-refractivity contribution in [2.45, 2.75) is 19.4 Å². The van der Waals surface area contributed by atoms with Gasteiger partial charge in [0.15, 0.2) is 0 Å². The molecule has 3 amide bonds. The Balaban J connectivity index is 1.49. The fourth-order valence-electron chi connectivity index (χ4n) is 3.78. The molecule has 0 saturated heterocycles. The van der Waals surface area contributed by atoms with Crippen LogP contribution in [0.4, 0.5) is 10.5 Å². The first-order valence-electron chi connectivity index (χ1n) is 9.46. The van der Waals surface area contributed by atoms with Crippen LogP contribution < -0.4 is 10.6 Å². The lowest BCUT2D eigenvalue weighted by atomic mass is 9.93. The average Bonchev–Trinajstić information content (AvgIpc) is 3.16. The minimum absolute atomic E-state index is 0.164. The van der Waals surface area contributed by atoms with E-state index in [4.69, 9.17) is 5.26 Å². The maximum Gasteiger partial charge on any atom is 0.322 e. The van der Waals surface area contributed by atoms with E-state index >= 15 is 0 Å². The molecule has 3 aromatic rings. The van der Waals surface area contributed by atoms with Crippen molar-refractivity contribution < 1.29 is 9.59 Å². The predicted molar refractivity (Wildman–Crippen MR) is 111 cm³/mol. The Morgan fingerprint density at radius 3 is 2.90 bits per heavy atom. The van der Waals surface area contributed by atoms with Gasteiger partial charge < -0.3 is 20.5 Å². The van der Waals surface area contributed by atoms with E-state index in [0.717, 1.165) is 28.5 Å². The summed E-state index contributed by atoms with van der Waals surface area (Å²) in [6, 6.07) is 15.2. The number of rotatable bonds is 3. The summed E-state index contributed by atoms with van der Waals surface area (Å²) in [6.45, 7) is 1.13. The molecule has 7 nitrogen and oxygen atoms in total. The summed E-state index contributed by atoms with van der Waals surface area (Å²) in [6.07, 6.45) is 1.14. The number of nitrogens with one attached hydrogen (secondary N) is 3. The van der Waals surface area contributed by atoms with Crippen molar-refractivity contribution in [2.75, 3.05) is 18.9 Å². The summed E-state index contributed by atoms with van der Waals surface area (Å²) in [5.41, 5.74) is 5.32. The zero-order valence-corrected chi connectivity index (χ0v) is 16.1. The number of anilines is 1. The van der Waals surface area contributed by atoms with Crippen LogP contribution in [0.15, 0.2) is 42.5 Å². The Morgan fingerprint density at radius 1 is 1.24 bits per heavy atom. The molecule has 2 aromatic carbocycles. The van der Waals surface area contributed by atoms with Gasteiger partial charge in [0.05, 0.1) is 12.5 Å². The SMILES string of the molecule is CNC(=O)c1cc2cc(NC(=O)N3CCc4c(CC#N)cccc4C3)ccc2[nH]1. The summed E-state index contributed by atoms with van der Waals surface area (Å²) in [7, 11) is 1.58. The molecule has 7 heteroatoms. The number of urea groups is 1. The molecule has 1 aliphatic rings. The normalized spacial score (nSPS) is 12.9. The molecule has 0 unspecified atom stereocenters. The van der Waals surface area contributed by atoms with Gasteiger partial charge in [0.1, 0.15) is 5.69 Å². The van der Waals surface area contributed by atoms with Crippen molar-refractivity contribution >= 4 is 28.5 Å². The number of hydrogen-bond donors (Lipinski definition) is 3. The first-order chi connectivity index (χ1) is 14.1. The second kappa shape index (κ2) is 7.68. The standard InChI is InChI=1S/C22H21N5O2/c1-24-21(28)20-12-16-11-17(5-6-19(16)26-20)25-22(29)27-10-8-18-14(7-9-23)3-2-4-15(18)13-27/h2-6,11-12,26H,7-8,10,13H2,1H3,(H,24,28)(H,25,29). The fourth-order valence-corrected chi connectivity index (χ4v) is 3.78. The molecule has 3 N–H and O–H groups in total. The quantitative estimate of drug-likeness (QED) is 0.643. The van der Waals surface area contributed by atoms with Crippen LogP contribution in [-0.4, -0.2) is 35.4 Å². The highest BCUT2D eigenvalue weighted by molar-refractivity contribution is 5.99. The lowest BCUT2D eigenvalue weighted by Crippen LogP contribution is -2.39. The van der Waals surface area contributed by atoms with Gasteiger partial charge in [0, 0.05) is 36.7 Å². The van der Waals surface area contributed by atoms with Crippen LogP contribution in [-0.2, 0) is 19.4 Å². The minimum Gasteiger partial charge on any atom is -0.354 e. The van der Waals surface area contributed by atoms with Gasteiger partial charge in [0.25, 0.3) is 5.91 Å². The summed E-state index contributed by atoms with van der Waals surface area (Å²) in [5, 5.41) is 15.4. The lowest BCUT2D eigenvalue weighted by Gasteiger charge is -2.30. The topological polar surface area (TPSA) is 101 Å². The number of carbonyl (C=O) groups excluding carboxylic acids is 2. The maximum absolute atomic E-state index is 12.8. The molecule has 0 radical (unpaired) electrons. The van der Waals surface area contributed by atoms with Gasteiger partial charge in [-0.05, 0) is 47.4 Å². The third-order valence-corrected chi connectivity index (χ3v) is 5.26. The van der Waals surface area contributed by atoms with Gasteiger partial charge >= 0.3 is 6.03 Å². The van der Waals surface area contributed by atoms with Crippen molar-refractivity contribution in [1.82, 2.24) is 15.2 Å². The third-order valence-electron chi connectivity index (χ3n) is 5.26. The highest BCUT2D eigenvalue weighted by Gasteiger charge is 2.22. The number of H-pyrrole nitrogens is 1. The number of amides is 3. The molecule has 0 aliphatic carbocycles. The number of fused-ring (bicyclic) bond motifs is 2. The Labute approximate surface area is 168 Å². The molecule has 146 valence electrons. The number of hydrogen-bond acceptors (Lipinski definition) is 3. The van der Waals surface area contributed by atoms with Crippen molar-refractivity contribution in [3.8, 4) is 6.07 Å². The van der Waals surface area contributed by atoms with Crippen LogP contribution in [0, 0.1) is 11.3 Å². The van der Waals surface area contributed by atoms with E-state index in [9.17, 15) is 9.59 Å². The van der Waals surface area contributed by atoms with Gasteiger partial charge in [0.2, 0.25) is 0 Å². The van der Waals surface area contributed by atoms with E-state index in [1.54, 1.807) is 18.0 Å². The smallest absolute Gasteiger partial charge is 0.322 e. The molecule has 0 fully saturated rings. The number of aromatic nitrogens is 1. The average molecular weight is 387 g/mol. The van der Waals surface area contributed by atoms with E-state index < -0.39 is 0 Å². The zero-order valence-electron chi connectivity index (χ0n) is 16.1. The molecule has 1 aromatic heterocycles. The van der Waals surface area contributed by atoms with E-state index in [1.165, 1.54) is 5.56 Å². The zero-order chi connectivity index (χ0) is 20.4.